The molecule has 1 unspecified atom stereocenters. The van der Waals surface area contributed by atoms with Crippen LogP contribution in [-0.2, 0) is 6.54 Å². The molecule has 1 atom stereocenters. The number of guanidine groups is 1. The molecule has 9 heteroatoms. The number of nitrogens with zero attached hydrogens (tertiary/aromatic N) is 2. The van der Waals surface area contributed by atoms with E-state index in [1.807, 2.05) is 12.1 Å². The standard InChI is InChI=1S/C17H25F3N4O2/c1-21-16(23-13-6-7-24(10-13)11-17(18,19)20)22-9-12-4-5-14(25-2)8-15(12)26-3/h4-5,8,13H,6-7,9-11H2,1-3H3,(H2,21,22,23). The molecule has 0 amide bonds. The maximum absolute atomic E-state index is 12.5. The fourth-order valence-corrected chi connectivity index (χ4v) is 2.91. The summed E-state index contributed by atoms with van der Waals surface area (Å²) in [7, 11) is 4.80. The van der Waals surface area contributed by atoms with Crippen LogP contribution >= 0.6 is 0 Å². The fraction of sp³-hybridized carbons (Fsp3) is 0.588. The number of hydrogen-bond donors (Lipinski definition) is 2. The van der Waals surface area contributed by atoms with Crippen LogP contribution < -0.4 is 20.1 Å². The van der Waals surface area contributed by atoms with Crippen molar-refractivity contribution in [2.24, 2.45) is 4.99 Å². The van der Waals surface area contributed by atoms with Gasteiger partial charge in [-0.2, -0.15) is 13.2 Å². The highest BCUT2D eigenvalue weighted by atomic mass is 19.4. The van der Waals surface area contributed by atoms with Crippen LogP contribution in [0.1, 0.15) is 12.0 Å². The van der Waals surface area contributed by atoms with Crippen LogP contribution in [0.4, 0.5) is 13.2 Å². The molecule has 1 aliphatic rings. The number of halogens is 3. The van der Waals surface area contributed by atoms with E-state index >= 15 is 0 Å². The van der Waals surface area contributed by atoms with E-state index in [9.17, 15) is 13.2 Å². The van der Waals surface area contributed by atoms with Gasteiger partial charge in [-0.05, 0) is 18.6 Å². The van der Waals surface area contributed by atoms with Gasteiger partial charge in [0.1, 0.15) is 11.5 Å². The second-order valence-corrected chi connectivity index (χ2v) is 6.08. The van der Waals surface area contributed by atoms with Crippen molar-refractivity contribution in [1.29, 1.82) is 0 Å². The molecule has 2 rings (SSSR count). The van der Waals surface area contributed by atoms with Crippen molar-refractivity contribution in [3.05, 3.63) is 23.8 Å². The van der Waals surface area contributed by atoms with Crippen LogP contribution in [0.25, 0.3) is 0 Å². The molecule has 2 N–H and O–H groups in total. The van der Waals surface area contributed by atoms with Gasteiger partial charge in [-0.15, -0.1) is 0 Å². The van der Waals surface area contributed by atoms with Crippen molar-refractivity contribution in [2.45, 2.75) is 25.2 Å². The molecule has 0 aromatic heterocycles. The summed E-state index contributed by atoms with van der Waals surface area (Å²) in [6.07, 6.45) is -3.53. The van der Waals surface area contributed by atoms with Gasteiger partial charge in [0, 0.05) is 44.4 Å². The maximum atomic E-state index is 12.5. The van der Waals surface area contributed by atoms with Crippen molar-refractivity contribution in [3.8, 4) is 11.5 Å². The maximum Gasteiger partial charge on any atom is 0.401 e. The SMILES string of the molecule is CN=C(NCc1ccc(OC)cc1OC)NC1CCN(CC(F)(F)F)C1. The Bertz CT molecular complexity index is 623. The van der Waals surface area contributed by atoms with Crippen LogP contribution in [0.15, 0.2) is 23.2 Å². The van der Waals surface area contributed by atoms with E-state index in [2.05, 4.69) is 15.6 Å². The second kappa shape index (κ2) is 8.98. The van der Waals surface area contributed by atoms with Crippen molar-refractivity contribution >= 4 is 5.96 Å². The van der Waals surface area contributed by atoms with Gasteiger partial charge < -0.3 is 20.1 Å². The topological polar surface area (TPSA) is 58.1 Å². The number of likely N-dealkylation sites (tertiary alicyclic amines) is 1. The molecule has 0 saturated carbocycles. The number of rotatable bonds is 6. The zero-order chi connectivity index (χ0) is 19.2. The molecule has 26 heavy (non-hydrogen) atoms. The molecule has 1 aromatic carbocycles. The Hall–Kier alpha value is -2.16. The summed E-state index contributed by atoms with van der Waals surface area (Å²) >= 11 is 0. The van der Waals surface area contributed by atoms with Crippen LogP contribution in [0, 0.1) is 0 Å². The lowest BCUT2D eigenvalue weighted by atomic mass is 10.2. The Morgan fingerprint density at radius 3 is 2.69 bits per heavy atom. The molecule has 1 aromatic rings. The number of nitrogens with one attached hydrogen (secondary N) is 2. The zero-order valence-electron chi connectivity index (χ0n) is 15.2. The summed E-state index contributed by atoms with van der Waals surface area (Å²) < 4.78 is 48.0. The third kappa shape index (κ3) is 5.98. The largest absolute Gasteiger partial charge is 0.497 e. The first-order chi connectivity index (χ1) is 12.3. The highest BCUT2D eigenvalue weighted by Gasteiger charge is 2.34. The molecule has 0 bridgehead atoms. The molecule has 1 heterocycles. The summed E-state index contributed by atoms with van der Waals surface area (Å²) in [5.74, 6) is 1.93. The van der Waals surface area contributed by atoms with Crippen molar-refractivity contribution < 1.29 is 22.6 Å². The molecular formula is C17H25F3N4O2. The first-order valence-electron chi connectivity index (χ1n) is 8.32. The van der Waals surface area contributed by atoms with E-state index in [-0.39, 0.29) is 6.04 Å². The van der Waals surface area contributed by atoms with E-state index in [4.69, 9.17) is 9.47 Å². The number of alkyl halides is 3. The lowest BCUT2D eigenvalue weighted by Crippen LogP contribution is -2.44. The Balaban J connectivity index is 1.87. The number of benzene rings is 1. The van der Waals surface area contributed by atoms with Gasteiger partial charge >= 0.3 is 6.18 Å². The minimum Gasteiger partial charge on any atom is -0.497 e. The summed E-state index contributed by atoms with van der Waals surface area (Å²) in [5, 5.41) is 6.34. The van der Waals surface area contributed by atoms with Crippen LogP contribution in [0.3, 0.4) is 0 Å². The normalized spacial score (nSPS) is 18.7. The predicted octanol–water partition coefficient (Wildman–Crippen LogP) is 2.01. The van der Waals surface area contributed by atoms with Crippen LogP contribution in [0.5, 0.6) is 11.5 Å². The zero-order valence-corrected chi connectivity index (χ0v) is 15.2. The summed E-state index contributed by atoms with van der Waals surface area (Å²) in [4.78, 5) is 5.54. The van der Waals surface area contributed by atoms with Crippen molar-refractivity contribution in [3.63, 3.8) is 0 Å². The van der Waals surface area contributed by atoms with Crippen molar-refractivity contribution in [2.75, 3.05) is 40.9 Å². The average molecular weight is 374 g/mol. The minimum atomic E-state index is -4.17. The number of methoxy groups -OCH3 is 2. The Labute approximate surface area is 151 Å². The second-order valence-electron chi connectivity index (χ2n) is 6.08. The fourth-order valence-electron chi connectivity index (χ4n) is 2.91. The Morgan fingerprint density at radius 1 is 1.31 bits per heavy atom. The van der Waals surface area contributed by atoms with E-state index < -0.39 is 12.7 Å². The molecule has 1 fully saturated rings. The van der Waals surface area contributed by atoms with Gasteiger partial charge in [-0.25, -0.2) is 0 Å². The highest BCUT2D eigenvalue weighted by Crippen LogP contribution is 2.24. The van der Waals surface area contributed by atoms with Crippen molar-refractivity contribution in [1.82, 2.24) is 15.5 Å². The molecule has 0 aliphatic carbocycles. The predicted molar refractivity (Wildman–Crippen MR) is 93.8 cm³/mol. The third-order valence-corrected chi connectivity index (χ3v) is 4.18. The molecule has 0 spiro atoms. The lowest BCUT2D eigenvalue weighted by Gasteiger charge is -2.20. The van der Waals surface area contributed by atoms with E-state index in [1.165, 1.54) is 4.90 Å². The van der Waals surface area contributed by atoms with Gasteiger partial charge in [0.2, 0.25) is 0 Å². The first-order valence-corrected chi connectivity index (χ1v) is 8.32. The molecule has 1 aliphatic heterocycles. The molecular weight excluding hydrogens is 349 g/mol. The number of ether oxygens (including phenoxy) is 2. The summed E-state index contributed by atoms with van der Waals surface area (Å²) in [5.41, 5.74) is 0.918. The van der Waals surface area contributed by atoms with E-state index in [1.54, 1.807) is 27.3 Å². The molecule has 0 radical (unpaired) electrons. The van der Waals surface area contributed by atoms with Gasteiger partial charge in [-0.3, -0.25) is 9.89 Å². The summed E-state index contributed by atoms with van der Waals surface area (Å²) in [6.45, 7) is 0.346. The smallest absolute Gasteiger partial charge is 0.401 e. The molecule has 146 valence electrons. The third-order valence-electron chi connectivity index (χ3n) is 4.18. The molecule has 1 saturated heterocycles. The minimum absolute atomic E-state index is 0.0682. The number of aliphatic imine (C=N–C) groups is 1. The first kappa shape index (κ1) is 20.2. The van der Waals surface area contributed by atoms with Crippen LogP contribution in [0.2, 0.25) is 0 Å². The van der Waals surface area contributed by atoms with Gasteiger partial charge in [-0.1, -0.05) is 0 Å². The quantitative estimate of drug-likeness (QED) is 0.589. The highest BCUT2D eigenvalue weighted by molar-refractivity contribution is 5.80. The lowest BCUT2D eigenvalue weighted by molar-refractivity contribution is -0.143. The van der Waals surface area contributed by atoms with Gasteiger partial charge in [0.25, 0.3) is 0 Å². The van der Waals surface area contributed by atoms with E-state index in [0.717, 1.165) is 5.56 Å². The Kier molecular flexibility index (Phi) is 6.96. The monoisotopic (exact) mass is 374 g/mol. The Morgan fingerprint density at radius 2 is 2.08 bits per heavy atom. The average Bonchev–Trinajstić information content (AvgIpc) is 3.03. The number of hydrogen-bond acceptors (Lipinski definition) is 4. The summed E-state index contributed by atoms with van der Waals surface area (Å²) in [6, 6.07) is 5.45. The van der Waals surface area contributed by atoms with Gasteiger partial charge in [0.05, 0.1) is 20.8 Å². The molecule has 6 nitrogen and oxygen atoms in total. The van der Waals surface area contributed by atoms with E-state index in [0.29, 0.717) is 43.5 Å². The van der Waals surface area contributed by atoms with Gasteiger partial charge in [0.15, 0.2) is 5.96 Å². The van der Waals surface area contributed by atoms with Crippen LogP contribution in [-0.4, -0.2) is 64.0 Å².